The van der Waals surface area contributed by atoms with Crippen LogP contribution < -0.4 is 0 Å². The van der Waals surface area contributed by atoms with E-state index >= 15 is 0 Å². The van der Waals surface area contributed by atoms with Crippen LogP contribution in [-0.2, 0) is 0 Å². The van der Waals surface area contributed by atoms with Crippen molar-refractivity contribution >= 4 is 0 Å². The van der Waals surface area contributed by atoms with Gasteiger partial charge in [0.2, 0.25) is 0 Å². The molecule has 3 unspecified atom stereocenters. The zero-order chi connectivity index (χ0) is 13.5. The Labute approximate surface area is 114 Å². The van der Waals surface area contributed by atoms with Gasteiger partial charge in [-0.2, -0.15) is 0 Å². The summed E-state index contributed by atoms with van der Waals surface area (Å²) in [5.41, 5.74) is 4.17. The topological polar surface area (TPSA) is 0 Å². The monoisotopic (exact) mass is 248 g/mol. The molecule has 2 rings (SSSR count). The molecule has 0 aromatic rings. The molecule has 0 nitrogen and oxygen atoms in total. The molecule has 2 aliphatic carbocycles. The second kappa shape index (κ2) is 5.02. The number of hydrogen-bond acceptors (Lipinski definition) is 0. The lowest BCUT2D eigenvalue weighted by molar-refractivity contribution is 0.0705. The first-order valence-electron chi connectivity index (χ1n) is 8.11. The van der Waals surface area contributed by atoms with Gasteiger partial charge in [0.05, 0.1) is 0 Å². The van der Waals surface area contributed by atoms with Gasteiger partial charge in [0, 0.05) is 0 Å². The summed E-state index contributed by atoms with van der Waals surface area (Å²) in [7, 11) is 0. The van der Waals surface area contributed by atoms with Gasteiger partial charge >= 0.3 is 0 Å². The Hall–Kier alpha value is -0.260. The Kier molecular flexibility index (Phi) is 3.95. The molecule has 0 bridgehead atoms. The van der Waals surface area contributed by atoms with Gasteiger partial charge in [-0.1, -0.05) is 65.5 Å². The van der Waals surface area contributed by atoms with Crippen LogP contribution in [0.5, 0.6) is 0 Å². The Morgan fingerprint density at radius 1 is 1.06 bits per heavy atom. The highest BCUT2D eigenvalue weighted by Crippen LogP contribution is 2.57. The lowest BCUT2D eigenvalue weighted by Gasteiger charge is -2.52. The van der Waals surface area contributed by atoms with E-state index in [0.717, 1.165) is 23.7 Å². The van der Waals surface area contributed by atoms with Crippen molar-refractivity contribution in [3.8, 4) is 0 Å². The summed E-state index contributed by atoms with van der Waals surface area (Å²) < 4.78 is 0. The van der Waals surface area contributed by atoms with Gasteiger partial charge in [-0.05, 0) is 48.3 Å². The van der Waals surface area contributed by atoms with Crippen molar-refractivity contribution in [1.82, 2.24) is 0 Å². The molecule has 0 amide bonds. The molecule has 0 heteroatoms. The summed E-state index contributed by atoms with van der Waals surface area (Å²) in [5.74, 6) is 3.37. The smallest absolute Gasteiger partial charge is 0.00801 e. The highest BCUT2D eigenvalue weighted by molar-refractivity contribution is 5.30. The molecule has 0 aromatic heterocycles. The van der Waals surface area contributed by atoms with E-state index in [-0.39, 0.29) is 0 Å². The first-order valence-corrected chi connectivity index (χ1v) is 8.11. The first kappa shape index (κ1) is 14.2. The fraction of sp³-hybridized carbons (Fsp3) is 0.889. The lowest BCUT2D eigenvalue weighted by atomic mass is 9.52. The predicted molar refractivity (Wildman–Crippen MR) is 80.5 cm³/mol. The van der Waals surface area contributed by atoms with Gasteiger partial charge in [0.15, 0.2) is 0 Å². The zero-order valence-corrected chi connectivity index (χ0v) is 13.3. The maximum absolute atomic E-state index is 2.59. The van der Waals surface area contributed by atoms with Crippen LogP contribution in [0.3, 0.4) is 0 Å². The van der Waals surface area contributed by atoms with Crippen molar-refractivity contribution in [2.75, 3.05) is 0 Å². The van der Waals surface area contributed by atoms with E-state index in [1.165, 1.54) is 32.1 Å². The minimum atomic E-state index is 0.518. The molecule has 0 N–H and O–H groups in total. The highest BCUT2D eigenvalue weighted by atomic mass is 14.5. The van der Waals surface area contributed by atoms with Crippen molar-refractivity contribution in [1.29, 1.82) is 0 Å². The quantitative estimate of drug-likeness (QED) is 0.539. The fourth-order valence-corrected chi connectivity index (χ4v) is 5.19. The fourth-order valence-electron chi connectivity index (χ4n) is 5.19. The van der Waals surface area contributed by atoms with Crippen molar-refractivity contribution in [3.63, 3.8) is 0 Å². The summed E-state index contributed by atoms with van der Waals surface area (Å²) in [4.78, 5) is 0. The van der Waals surface area contributed by atoms with E-state index in [9.17, 15) is 0 Å². The molecule has 0 aliphatic heterocycles. The third-order valence-corrected chi connectivity index (χ3v) is 5.82. The van der Waals surface area contributed by atoms with E-state index in [1.807, 2.05) is 5.57 Å². The molecule has 1 saturated carbocycles. The van der Waals surface area contributed by atoms with E-state index in [4.69, 9.17) is 0 Å². The van der Waals surface area contributed by atoms with Crippen molar-refractivity contribution in [2.24, 2.45) is 29.1 Å². The van der Waals surface area contributed by atoms with E-state index in [2.05, 4.69) is 41.5 Å². The molecule has 0 saturated heterocycles. The van der Waals surface area contributed by atoms with Gasteiger partial charge in [-0.3, -0.25) is 0 Å². The minimum Gasteiger partial charge on any atom is -0.0676 e. The summed E-state index contributed by atoms with van der Waals surface area (Å²) in [6.07, 6.45) is 7.15. The van der Waals surface area contributed by atoms with Crippen molar-refractivity contribution in [3.05, 3.63) is 11.1 Å². The predicted octanol–water partition coefficient (Wildman–Crippen LogP) is 5.83. The van der Waals surface area contributed by atoms with Crippen LogP contribution in [0.15, 0.2) is 11.1 Å². The molecule has 0 spiro atoms. The van der Waals surface area contributed by atoms with Crippen LogP contribution in [0.25, 0.3) is 0 Å². The first-order chi connectivity index (χ1) is 8.38. The molecule has 2 aliphatic rings. The molecule has 104 valence electrons. The zero-order valence-electron chi connectivity index (χ0n) is 13.3. The molecule has 1 fully saturated rings. The minimum absolute atomic E-state index is 0.518. The number of fused-ring (bicyclic) bond motifs is 1. The second-order valence-corrected chi connectivity index (χ2v) is 7.68. The Morgan fingerprint density at radius 2 is 1.72 bits per heavy atom. The summed E-state index contributed by atoms with van der Waals surface area (Å²) in [6.45, 7) is 14.7. The van der Waals surface area contributed by atoms with Gasteiger partial charge in [0.1, 0.15) is 0 Å². The largest absolute Gasteiger partial charge is 0.0676 e. The highest BCUT2D eigenvalue weighted by Gasteiger charge is 2.46. The van der Waals surface area contributed by atoms with E-state index in [1.54, 1.807) is 5.57 Å². The SMILES string of the molecule is CC(C)C1=C(C(C)C)C2(C)CCCC(C)C2CC1. The summed E-state index contributed by atoms with van der Waals surface area (Å²) >= 11 is 0. The molecule has 0 aromatic carbocycles. The summed E-state index contributed by atoms with van der Waals surface area (Å²) in [6, 6.07) is 0. The van der Waals surface area contributed by atoms with Crippen molar-refractivity contribution < 1.29 is 0 Å². The van der Waals surface area contributed by atoms with Crippen LogP contribution in [0.1, 0.15) is 73.6 Å². The molecule has 3 atom stereocenters. The Morgan fingerprint density at radius 3 is 2.28 bits per heavy atom. The maximum Gasteiger partial charge on any atom is -0.00801 e. The average molecular weight is 248 g/mol. The number of hydrogen-bond donors (Lipinski definition) is 0. The molecular weight excluding hydrogens is 216 g/mol. The van der Waals surface area contributed by atoms with Crippen LogP contribution in [-0.4, -0.2) is 0 Å². The second-order valence-electron chi connectivity index (χ2n) is 7.68. The molecule has 18 heavy (non-hydrogen) atoms. The van der Waals surface area contributed by atoms with E-state index < -0.39 is 0 Å². The van der Waals surface area contributed by atoms with Gasteiger partial charge in [0.25, 0.3) is 0 Å². The summed E-state index contributed by atoms with van der Waals surface area (Å²) in [5, 5.41) is 0. The number of rotatable bonds is 2. The third-order valence-electron chi connectivity index (χ3n) is 5.82. The average Bonchev–Trinajstić information content (AvgIpc) is 2.26. The lowest BCUT2D eigenvalue weighted by Crippen LogP contribution is -2.42. The molecule has 0 radical (unpaired) electrons. The van der Waals surface area contributed by atoms with Gasteiger partial charge in [-0.25, -0.2) is 0 Å². The van der Waals surface area contributed by atoms with Crippen LogP contribution in [0.2, 0.25) is 0 Å². The standard InChI is InChI=1S/C18H32/c1-12(2)15-9-10-16-14(5)8-7-11-18(16,6)17(15)13(3)4/h12-14,16H,7-11H2,1-6H3. The van der Waals surface area contributed by atoms with Crippen LogP contribution in [0, 0.1) is 29.1 Å². The van der Waals surface area contributed by atoms with Crippen molar-refractivity contribution in [2.45, 2.75) is 73.6 Å². The Bertz CT molecular complexity index is 334. The molecular formula is C18H32. The van der Waals surface area contributed by atoms with Crippen LogP contribution in [0.4, 0.5) is 0 Å². The van der Waals surface area contributed by atoms with Gasteiger partial charge < -0.3 is 0 Å². The number of allylic oxidation sites excluding steroid dienone is 2. The van der Waals surface area contributed by atoms with E-state index in [0.29, 0.717) is 5.41 Å². The molecule has 0 heterocycles. The van der Waals surface area contributed by atoms with Gasteiger partial charge in [-0.15, -0.1) is 0 Å². The third kappa shape index (κ3) is 2.17. The maximum atomic E-state index is 2.59. The van der Waals surface area contributed by atoms with Crippen LogP contribution >= 0.6 is 0 Å². The Balaban J connectivity index is 2.47. The normalized spacial score (nSPS) is 37.3.